The summed E-state index contributed by atoms with van der Waals surface area (Å²) in [5.74, 6) is 0.254. The average Bonchev–Trinajstić information content (AvgIpc) is 3.09. The third kappa shape index (κ3) is 4.81. The van der Waals surface area contributed by atoms with E-state index in [-0.39, 0.29) is 28.9 Å². The van der Waals surface area contributed by atoms with Crippen LogP contribution in [0.1, 0.15) is 31.2 Å². The van der Waals surface area contributed by atoms with Crippen LogP contribution in [0.25, 0.3) is 0 Å². The van der Waals surface area contributed by atoms with Crippen molar-refractivity contribution >= 4 is 27.6 Å². The molecule has 9 heteroatoms. The molecule has 0 radical (unpaired) electrons. The quantitative estimate of drug-likeness (QED) is 0.459. The van der Waals surface area contributed by atoms with Crippen molar-refractivity contribution in [3.8, 4) is 0 Å². The fourth-order valence-corrected chi connectivity index (χ4v) is 5.34. The summed E-state index contributed by atoms with van der Waals surface area (Å²) < 4.78 is 33.1. The molecule has 0 bridgehead atoms. The number of benzene rings is 1. The molecule has 1 saturated carbocycles. The van der Waals surface area contributed by atoms with Crippen molar-refractivity contribution in [3.05, 3.63) is 29.8 Å². The third-order valence-corrected chi connectivity index (χ3v) is 7.17. The van der Waals surface area contributed by atoms with Crippen molar-refractivity contribution in [2.75, 3.05) is 13.0 Å². The Kier molecular flexibility index (Phi) is 6.75. The lowest BCUT2D eigenvalue weighted by Crippen LogP contribution is -2.46. The fourth-order valence-electron chi connectivity index (χ4n) is 3.92. The summed E-state index contributed by atoms with van der Waals surface area (Å²) >= 11 is 5.70. The van der Waals surface area contributed by atoms with Crippen LogP contribution in [0, 0.1) is 5.92 Å². The smallest absolute Gasteiger partial charge is 0.324 e. The van der Waals surface area contributed by atoms with Crippen molar-refractivity contribution in [2.45, 2.75) is 55.1 Å². The van der Waals surface area contributed by atoms with E-state index in [0.29, 0.717) is 12.3 Å². The second-order valence-corrected chi connectivity index (χ2v) is 9.22. The normalized spacial score (nSPS) is 27.9. The van der Waals surface area contributed by atoms with Gasteiger partial charge in [0.15, 0.2) is 0 Å². The number of carbonyl (C=O) groups excluding carboxylic acids is 1. The highest BCUT2D eigenvalue weighted by atomic mass is 35.5. The number of rotatable bonds is 7. The first kappa shape index (κ1) is 20.5. The topological polar surface area (TPSA) is 96.5 Å². The number of nitrogens with one attached hydrogen (secondary N) is 3. The third-order valence-electron chi connectivity index (χ3n) is 5.36. The summed E-state index contributed by atoms with van der Waals surface area (Å²) in [6, 6.07) is 6.42. The Hall–Kier alpha value is -1.19. The Morgan fingerprint density at radius 1 is 1.26 bits per heavy atom. The van der Waals surface area contributed by atoms with Crippen LogP contribution in [0.2, 0.25) is 0 Å². The Bertz CT molecular complexity index is 756. The number of hydrogen-bond donors (Lipinski definition) is 3. The molecule has 2 fully saturated rings. The van der Waals surface area contributed by atoms with Crippen LogP contribution in [0.3, 0.4) is 0 Å². The van der Waals surface area contributed by atoms with E-state index in [2.05, 4.69) is 15.6 Å². The monoisotopic (exact) mass is 415 g/mol. The van der Waals surface area contributed by atoms with Crippen molar-refractivity contribution in [1.82, 2.24) is 15.6 Å². The molecule has 1 aliphatic carbocycles. The van der Waals surface area contributed by atoms with Crippen LogP contribution in [0.15, 0.2) is 29.2 Å². The number of alkyl halides is 1. The van der Waals surface area contributed by atoms with Gasteiger partial charge in [-0.15, -0.1) is 11.6 Å². The predicted molar refractivity (Wildman–Crippen MR) is 103 cm³/mol. The lowest BCUT2D eigenvalue weighted by Gasteiger charge is -2.32. The van der Waals surface area contributed by atoms with Crippen LogP contribution in [-0.4, -0.2) is 45.5 Å². The molecule has 1 aliphatic heterocycles. The minimum absolute atomic E-state index is 0.00294. The molecule has 4 atom stereocenters. The van der Waals surface area contributed by atoms with Gasteiger partial charge >= 0.3 is 5.97 Å². The maximum atomic E-state index is 12.7. The second kappa shape index (κ2) is 8.87. The molecule has 4 unspecified atom stereocenters. The number of hydrogen-bond acceptors (Lipinski definition) is 6. The SMILES string of the molecule is COC(=O)C1NNC2CCC(NS(=O)(=O)c3ccc(CCCCl)cc3)CC21. The van der Waals surface area contributed by atoms with Crippen molar-refractivity contribution in [2.24, 2.45) is 5.92 Å². The number of halogens is 1. The molecule has 150 valence electrons. The lowest BCUT2D eigenvalue weighted by molar-refractivity contribution is -0.144. The van der Waals surface area contributed by atoms with E-state index in [4.69, 9.17) is 16.3 Å². The first-order valence-corrected chi connectivity index (χ1v) is 11.2. The molecular weight excluding hydrogens is 390 g/mol. The van der Waals surface area contributed by atoms with Gasteiger partial charge in [0.25, 0.3) is 0 Å². The molecule has 0 amide bonds. The van der Waals surface area contributed by atoms with Gasteiger partial charge in [-0.2, -0.15) is 0 Å². The van der Waals surface area contributed by atoms with Crippen LogP contribution in [0.5, 0.6) is 0 Å². The number of hydrazine groups is 1. The molecule has 7 nitrogen and oxygen atoms in total. The highest BCUT2D eigenvalue weighted by molar-refractivity contribution is 7.89. The highest BCUT2D eigenvalue weighted by Crippen LogP contribution is 2.31. The second-order valence-electron chi connectivity index (χ2n) is 7.13. The number of fused-ring (bicyclic) bond motifs is 1. The van der Waals surface area contributed by atoms with E-state index >= 15 is 0 Å². The molecular formula is C18H26ClN3O4S. The van der Waals surface area contributed by atoms with Gasteiger partial charge in [-0.25, -0.2) is 18.6 Å². The van der Waals surface area contributed by atoms with Gasteiger partial charge in [0.05, 0.1) is 12.0 Å². The number of esters is 1. The van der Waals surface area contributed by atoms with Crippen LogP contribution in [-0.2, 0) is 26.0 Å². The summed E-state index contributed by atoms with van der Waals surface area (Å²) in [4.78, 5) is 12.2. The first-order chi connectivity index (χ1) is 12.9. The van der Waals surface area contributed by atoms with E-state index in [1.165, 1.54) is 7.11 Å². The minimum atomic E-state index is -3.60. The molecule has 1 heterocycles. The van der Waals surface area contributed by atoms with E-state index in [1.54, 1.807) is 12.1 Å². The van der Waals surface area contributed by atoms with Gasteiger partial charge in [0.2, 0.25) is 10.0 Å². The number of carbonyl (C=O) groups is 1. The number of methoxy groups -OCH3 is 1. The number of aryl methyl sites for hydroxylation is 1. The standard InChI is InChI=1S/C18H26ClN3O4S/c1-26-18(23)17-15-11-13(6-9-16(15)20-21-17)22-27(24,25)14-7-4-12(5-8-14)3-2-10-19/h4-5,7-8,13,15-17,20-22H,2-3,6,9-11H2,1H3. The fraction of sp³-hybridized carbons (Fsp3) is 0.611. The van der Waals surface area contributed by atoms with Crippen molar-refractivity contribution in [1.29, 1.82) is 0 Å². The average molecular weight is 416 g/mol. The predicted octanol–water partition coefficient (Wildman–Crippen LogP) is 1.32. The number of sulfonamides is 1. The summed E-state index contributed by atoms with van der Waals surface area (Å²) in [5, 5.41) is 0. The molecule has 1 aromatic rings. The van der Waals surface area contributed by atoms with Gasteiger partial charge in [-0.05, 0) is 49.8 Å². The Morgan fingerprint density at radius 2 is 2.00 bits per heavy atom. The van der Waals surface area contributed by atoms with Gasteiger partial charge in [-0.1, -0.05) is 12.1 Å². The maximum absolute atomic E-state index is 12.7. The van der Waals surface area contributed by atoms with Gasteiger partial charge in [0, 0.05) is 23.9 Å². The van der Waals surface area contributed by atoms with Crippen LogP contribution >= 0.6 is 11.6 Å². The zero-order valence-corrected chi connectivity index (χ0v) is 16.9. The molecule has 1 aromatic carbocycles. The van der Waals surface area contributed by atoms with Gasteiger partial charge in [0.1, 0.15) is 6.04 Å². The first-order valence-electron chi connectivity index (χ1n) is 9.20. The van der Waals surface area contributed by atoms with E-state index in [1.807, 2.05) is 12.1 Å². The molecule has 3 rings (SSSR count). The summed E-state index contributed by atoms with van der Waals surface area (Å²) in [6.45, 7) is 0. The van der Waals surface area contributed by atoms with E-state index < -0.39 is 16.1 Å². The summed E-state index contributed by atoms with van der Waals surface area (Å²) in [6.07, 6.45) is 3.78. The zero-order valence-electron chi connectivity index (χ0n) is 15.3. The van der Waals surface area contributed by atoms with Crippen LogP contribution in [0.4, 0.5) is 0 Å². The molecule has 0 aromatic heterocycles. The van der Waals surface area contributed by atoms with Crippen molar-refractivity contribution in [3.63, 3.8) is 0 Å². The Balaban J connectivity index is 1.64. The lowest BCUT2D eigenvalue weighted by atomic mass is 9.79. The Morgan fingerprint density at radius 3 is 2.67 bits per heavy atom. The van der Waals surface area contributed by atoms with Crippen molar-refractivity contribution < 1.29 is 17.9 Å². The summed E-state index contributed by atoms with van der Waals surface area (Å²) in [5.41, 5.74) is 7.17. The molecule has 3 N–H and O–H groups in total. The number of ether oxygens (including phenoxy) is 1. The molecule has 2 aliphatic rings. The zero-order chi connectivity index (χ0) is 19.4. The van der Waals surface area contributed by atoms with Gasteiger partial charge in [-0.3, -0.25) is 10.2 Å². The van der Waals surface area contributed by atoms with Crippen LogP contribution < -0.4 is 15.6 Å². The maximum Gasteiger partial charge on any atom is 0.324 e. The molecule has 1 saturated heterocycles. The van der Waals surface area contributed by atoms with E-state index in [0.717, 1.165) is 31.2 Å². The summed E-state index contributed by atoms with van der Waals surface area (Å²) in [7, 11) is -2.24. The van der Waals surface area contributed by atoms with Gasteiger partial charge < -0.3 is 4.74 Å². The molecule has 27 heavy (non-hydrogen) atoms. The largest absolute Gasteiger partial charge is 0.468 e. The van der Waals surface area contributed by atoms with E-state index in [9.17, 15) is 13.2 Å². The highest BCUT2D eigenvalue weighted by Gasteiger charge is 2.44. The molecule has 0 spiro atoms. The Labute approximate surface area is 165 Å². The minimum Gasteiger partial charge on any atom is -0.468 e.